The summed E-state index contributed by atoms with van der Waals surface area (Å²) >= 11 is 0. The molecule has 0 saturated carbocycles. The number of imidazole rings is 1. The van der Waals surface area contributed by atoms with Crippen LogP contribution in [0.3, 0.4) is 0 Å². The van der Waals surface area contributed by atoms with Crippen molar-refractivity contribution in [2.45, 2.75) is 12.6 Å². The van der Waals surface area contributed by atoms with Gasteiger partial charge in [-0.15, -0.1) is 0 Å². The zero-order valence-electron chi connectivity index (χ0n) is 20.0. The third-order valence-electron chi connectivity index (χ3n) is 5.40. The molecule has 36 heavy (non-hydrogen) atoms. The third kappa shape index (κ3) is 5.39. The van der Waals surface area contributed by atoms with Crippen molar-refractivity contribution in [1.29, 1.82) is 0 Å². The minimum absolute atomic E-state index is 0.0473. The number of hydrogen-bond acceptors (Lipinski definition) is 9. The molecular formula is C24H26N6O6. The lowest BCUT2D eigenvalue weighted by Crippen LogP contribution is -2.30. The second kappa shape index (κ2) is 10.8. The van der Waals surface area contributed by atoms with Gasteiger partial charge in [0.2, 0.25) is 5.95 Å². The molecule has 0 bridgehead atoms. The van der Waals surface area contributed by atoms with E-state index >= 15 is 0 Å². The summed E-state index contributed by atoms with van der Waals surface area (Å²) in [7, 11) is 4.64. The number of fused-ring (bicyclic) bond motifs is 1. The predicted molar refractivity (Wildman–Crippen MR) is 134 cm³/mol. The summed E-state index contributed by atoms with van der Waals surface area (Å²) in [6.07, 6.45) is 0.558. The number of aliphatic hydroxyl groups excluding tert-OH is 1. The number of benzene rings is 2. The van der Waals surface area contributed by atoms with Crippen molar-refractivity contribution in [2.24, 2.45) is 12.1 Å². The van der Waals surface area contributed by atoms with Crippen LogP contribution in [0.5, 0.6) is 17.2 Å². The minimum Gasteiger partial charge on any atom is -0.497 e. The van der Waals surface area contributed by atoms with Gasteiger partial charge in [-0.25, -0.2) is 10.2 Å². The highest BCUT2D eigenvalue weighted by Gasteiger charge is 2.20. The van der Waals surface area contributed by atoms with Crippen molar-refractivity contribution in [1.82, 2.24) is 19.1 Å². The van der Waals surface area contributed by atoms with Crippen LogP contribution in [-0.2, 0) is 13.6 Å². The summed E-state index contributed by atoms with van der Waals surface area (Å²) in [4.78, 5) is 31.3. The van der Waals surface area contributed by atoms with Gasteiger partial charge in [-0.3, -0.25) is 14.3 Å². The van der Waals surface area contributed by atoms with Gasteiger partial charge >= 0.3 is 5.69 Å². The molecule has 2 heterocycles. The number of hydrogen-bond donors (Lipinski definition) is 3. The summed E-state index contributed by atoms with van der Waals surface area (Å²) in [5.41, 5.74) is 2.63. The van der Waals surface area contributed by atoms with E-state index in [1.165, 1.54) is 16.2 Å². The van der Waals surface area contributed by atoms with Crippen LogP contribution in [0.2, 0.25) is 0 Å². The molecule has 0 aliphatic rings. The Hall–Kier alpha value is -4.58. The first-order chi connectivity index (χ1) is 17.4. The Morgan fingerprint density at radius 3 is 2.31 bits per heavy atom. The Kier molecular flexibility index (Phi) is 7.35. The van der Waals surface area contributed by atoms with Crippen LogP contribution in [0.4, 0.5) is 5.95 Å². The maximum absolute atomic E-state index is 12.6. The second-order valence-electron chi connectivity index (χ2n) is 7.82. The van der Waals surface area contributed by atoms with Crippen LogP contribution < -0.4 is 30.9 Å². The van der Waals surface area contributed by atoms with Gasteiger partial charge in [0, 0.05) is 7.05 Å². The number of aromatic amines is 1. The first-order valence-electron chi connectivity index (χ1n) is 11.0. The summed E-state index contributed by atoms with van der Waals surface area (Å²) in [5, 5.41) is 14.9. The van der Waals surface area contributed by atoms with E-state index in [4.69, 9.17) is 14.2 Å². The fraction of sp³-hybridized carbons (Fsp3) is 0.250. The van der Waals surface area contributed by atoms with Crippen LogP contribution >= 0.6 is 0 Å². The zero-order valence-corrected chi connectivity index (χ0v) is 20.0. The van der Waals surface area contributed by atoms with Crippen molar-refractivity contribution in [3.63, 3.8) is 0 Å². The second-order valence-corrected chi connectivity index (χ2v) is 7.82. The highest BCUT2D eigenvalue weighted by Crippen LogP contribution is 2.19. The Labute approximate surface area is 205 Å². The number of hydrazone groups is 1. The zero-order chi connectivity index (χ0) is 25.7. The molecule has 0 aliphatic carbocycles. The summed E-state index contributed by atoms with van der Waals surface area (Å²) in [6, 6.07) is 14.2. The molecule has 12 nitrogen and oxygen atoms in total. The van der Waals surface area contributed by atoms with Crippen LogP contribution in [-0.4, -0.2) is 57.4 Å². The molecule has 0 saturated heterocycles. The molecule has 0 spiro atoms. The monoisotopic (exact) mass is 494 g/mol. The summed E-state index contributed by atoms with van der Waals surface area (Å²) in [5.74, 6) is 2.12. The summed E-state index contributed by atoms with van der Waals surface area (Å²) in [6.45, 7) is -0.0987. The van der Waals surface area contributed by atoms with Crippen molar-refractivity contribution < 1.29 is 19.3 Å². The number of methoxy groups -OCH3 is 2. The highest BCUT2D eigenvalue weighted by atomic mass is 16.5. The van der Waals surface area contributed by atoms with Crippen LogP contribution in [0.25, 0.3) is 11.2 Å². The molecule has 188 valence electrons. The normalized spacial score (nSPS) is 12.1. The lowest BCUT2D eigenvalue weighted by atomic mass is 10.2. The SMILES string of the molecule is COc1ccc(/C=N\Nc2nc3c(c(=O)[nH]c(=O)n3C)n2C[C@@H](O)COc2ccc(OC)cc2)cc1. The molecule has 3 N–H and O–H groups in total. The van der Waals surface area contributed by atoms with E-state index in [1.807, 2.05) is 12.1 Å². The number of nitrogens with zero attached hydrogens (tertiary/aromatic N) is 4. The average molecular weight is 495 g/mol. The molecule has 4 rings (SSSR count). The molecule has 0 unspecified atom stereocenters. The molecule has 1 atom stereocenters. The number of aryl methyl sites for hydroxylation is 1. The van der Waals surface area contributed by atoms with Gasteiger partial charge in [-0.1, -0.05) is 0 Å². The van der Waals surface area contributed by atoms with E-state index in [1.54, 1.807) is 56.8 Å². The maximum atomic E-state index is 12.6. The van der Waals surface area contributed by atoms with Gasteiger partial charge in [0.15, 0.2) is 11.2 Å². The standard InChI is InChI=1S/C24H26N6O6/c1-29-21-20(22(32)27-24(29)33)30(13-16(31)14-36-19-10-8-18(35-3)9-11-19)23(26-21)28-25-12-15-4-6-17(34-2)7-5-15/h4-12,16,31H,13-14H2,1-3H3,(H,26,28)(H,27,32,33)/b25-12-/t16-/m1/s1. The number of rotatable bonds is 10. The van der Waals surface area contributed by atoms with E-state index in [-0.39, 0.29) is 30.3 Å². The van der Waals surface area contributed by atoms with Crippen molar-refractivity contribution >= 4 is 23.3 Å². The predicted octanol–water partition coefficient (Wildman–Crippen LogP) is 1.33. The molecule has 0 amide bonds. The van der Waals surface area contributed by atoms with Gasteiger partial charge in [0.05, 0.1) is 27.0 Å². The van der Waals surface area contributed by atoms with E-state index in [2.05, 4.69) is 20.5 Å². The fourth-order valence-corrected chi connectivity index (χ4v) is 3.48. The number of nitrogens with one attached hydrogen (secondary N) is 2. The molecule has 2 aromatic heterocycles. The number of aromatic nitrogens is 4. The smallest absolute Gasteiger partial charge is 0.329 e. The molecule has 0 fully saturated rings. The number of aliphatic hydroxyl groups is 1. The molecular weight excluding hydrogens is 468 g/mol. The maximum Gasteiger partial charge on any atom is 0.329 e. The molecule has 12 heteroatoms. The van der Waals surface area contributed by atoms with E-state index in [9.17, 15) is 14.7 Å². The summed E-state index contributed by atoms with van der Waals surface area (Å²) < 4.78 is 18.6. The quantitative estimate of drug-likeness (QED) is 0.221. The van der Waals surface area contributed by atoms with Gasteiger partial charge in [0.1, 0.15) is 30.0 Å². The third-order valence-corrected chi connectivity index (χ3v) is 5.40. The van der Waals surface area contributed by atoms with E-state index < -0.39 is 17.4 Å². The van der Waals surface area contributed by atoms with Crippen molar-refractivity contribution in [2.75, 3.05) is 26.3 Å². The Balaban J connectivity index is 1.57. The average Bonchev–Trinajstić information content (AvgIpc) is 3.25. The number of anilines is 1. The Morgan fingerprint density at radius 2 is 1.67 bits per heavy atom. The van der Waals surface area contributed by atoms with Crippen molar-refractivity contribution in [3.05, 3.63) is 74.9 Å². The molecule has 4 aromatic rings. The first kappa shape index (κ1) is 24.5. The topological polar surface area (TPSA) is 145 Å². The first-order valence-corrected chi connectivity index (χ1v) is 11.0. The van der Waals surface area contributed by atoms with Crippen LogP contribution in [0.15, 0.2) is 63.2 Å². The fourth-order valence-electron chi connectivity index (χ4n) is 3.48. The van der Waals surface area contributed by atoms with Gasteiger partial charge < -0.3 is 23.9 Å². The largest absolute Gasteiger partial charge is 0.497 e. The van der Waals surface area contributed by atoms with E-state index in [0.29, 0.717) is 17.2 Å². The van der Waals surface area contributed by atoms with Gasteiger partial charge in [-0.05, 0) is 54.1 Å². The molecule has 2 aromatic carbocycles. The lowest BCUT2D eigenvalue weighted by Gasteiger charge is -2.15. The van der Waals surface area contributed by atoms with Crippen LogP contribution in [0, 0.1) is 0 Å². The van der Waals surface area contributed by atoms with Crippen LogP contribution in [0.1, 0.15) is 5.56 Å². The number of ether oxygens (including phenoxy) is 3. The molecule has 0 radical (unpaired) electrons. The van der Waals surface area contributed by atoms with Gasteiger partial charge in [0.25, 0.3) is 5.56 Å². The Morgan fingerprint density at radius 1 is 1.06 bits per heavy atom. The lowest BCUT2D eigenvalue weighted by molar-refractivity contribution is 0.0938. The highest BCUT2D eigenvalue weighted by molar-refractivity contribution is 5.80. The van der Waals surface area contributed by atoms with Crippen molar-refractivity contribution in [3.8, 4) is 17.2 Å². The minimum atomic E-state index is -1.01. The number of H-pyrrole nitrogens is 1. The van der Waals surface area contributed by atoms with E-state index in [0.717, 1.165) is 5.56 Å². The Bertz CT molecular complexity index is 1470. The van der Waals surface area contributed by atoms with Gasteiger partial charge in [-0.2, -0.15) is 10.1 Å². The molecule has 0 aliphatic heterocycles.